The van der Waals surface area contributed by atoms with Crippen LogP contribution in [0.25, 0.3) is 10.6 Å². The number of rotatable bonds is 5. The van der Waals surface area contributed by atoms with E-state index in [4.69, 9.17) is 0 Å². The first kappa shape index (κ1) is 13.0. The van der Waals surface area contributed by atoms with Crippen molar-refractivity contribution in [1.82, 2.24) is 20.5 Å². The molecule has 0 saturated heterocycles. The Morgan fingerprint density at radius 1 is 1.35 bits per heavy atom. The molecule has 3 rings (SSSR count). The van der Waals surface area contributed by atoms with Gasteiger partial charge >= 0.3 is 0 Å². The summed E-state index contributed by atoms with van der Waals surface area (Å²) in [5.74, 6) is -0.0400. The van der Waals surface area contributed by atoms with Gasteiger partial charge in [-0.2, -0.15) is 16.4 Å². The predicted molar refractivity (Wildman–Crippen MR) is 79.6 cm³/mol. The second-order valence-electron chi connectivity index (χ2n) is 4.19. The van der Waals surface area contributed by atoms with Crippen molar-refractivity contribution in [2.45, 2.75) is 13.0 Å². The fourth-order valence-corrected chi connectivity index (χ4v) is 3.24. The van der Waals surface area contributed by atoms with Crippen molar-refractivity contribution in [3.8, 4) is 10.6 Å². The van der Waals surface area contributed by atoms with Gasteiger partial charge in [-0.05, 0) is 17.5 Å². The number of amides is 1. The largest absolute Gasteiger partial charge is 0.350 e. The molecule has 20 heavy (non-hydrogen) atoms. The summed E-state index contributed by atoms with van der Waals surface area (Å²) in [5.41, 5.74) is 2.80. The monoisotopic (exact) mass is 304 g/mol. The number of hydrogen-bond donors (Lipinski definition) is 2. The highest BCUT2D eigenvalue weighted by Crippen LogP contribution is 2.25. The molecule has 0 aliphatic rings. The molecule has 0 aromatic carbocycles. The second-order valence-corrected chi connectivity index (χ2v) is 5.83. The molecule has 0 radical (unpaired) electrons. The number of nitrogens with one attached hydrogen (secondary N) is 2. The maximum absolute atomic E-state index is 11.8. The summed E-state index contributed by atoms with van der Waals surface area (Å²) in [6.07, 6.45) is 1.96. The van der Waals surface area contributed by atoms with E-state index in [1.165, 1.54) is 0 Å². The lowest BCUT2D eigenvalue weighted by atomic mass is 10.3. The van der Waals surface area contributed by atoms with Gasteiger partial charge in [-0.15, -0.1) is 11.3 Å². The standard InChI is InChI=1S/C13H12N4OS2/c18-12(14-6-10-1-3-15-17-10)5-11-8-20-13(16-11)9-2-4-19-7-9/h1-4,7-8H,5-6H2,(H,14,18)(H,15,17). The molecule has 0 atom stereocenters. The maximum atomic E-state index is 11.8. The average Bonchev–Trinajstić information content (AvgIpc) is 3.18. The van der Waals surface area contributed by atoms with Crippen molar-refractivity contribution in [1.29, 1.82) is 0 Å². The fraction of sp³-hybridized carbons (Fsp3) is 0.154. The highest BCUT2D eigenvalue weighted by Gasteiger charge is 2.09. The second kappa shape index (κ2) is 5.98. The van der Waals surface area contributed by atoms with Crippen molar-refractivity contribution in [2.24, 2.45) is 0 Å². The van der Waals surface area contributed by atoms with Crippen molar-refractivity contribution < 1.29 is 4.79 Å². The Labute approximate surface area is 123 Å². The number of carbonyl (C=O) groups is 1. The van der Waals surface area contributed by atoms with Crippen LogP contribution in [0, 0.1) is 0 Å². The topological polar surface area (TPSA) is 70.7 Å². The third-order valence-electron chi connectivity index (χ3n) is 2.70. The first-order chi connectivity index (χ1) is 9.81. The molecular weight excluding hydrogens is 292 g/mol. The van der Waals surface area contributed by atoms with E-state index >= 15 is 0 Å². The normalized spacial score (nSPS) is 10.6. The first-order valence-electron chi connectivity index (χ1n) is 6.03. The summed E-state index contributed by atoms with van der Waals surface area (Å²) >= 11 is 3.21. The van der Waals surface area contributed by atoms with Gasteiger partial charge in [0.1, 0.15) is 5.01 Å². The number of thiophene rings is 1. The predicted octanol–water partition coefficient (Wildman–Crippen LogP) is 2.45. The Kier molecular flexibility index (Phi) is 3.89. The summed E-state index contributed by atoms with van der Waals surface area (Å²) in [7, 11) is 0. The van der Waals surface area contributed by atoms with Crippen LogP contribution in [0.1, 0.15) is 11.4 Å². The number of hydrogen-bond acceptors (Lipinski definition) is 5. The van der Waals surface area contributed by atoms with Gasteiger partial charge in [0, 0.05) is 22.5 Å². The van der Waals surface area contributed by atoms with Gasteiger partial charge in [0.2, 0.25) is 5.91 Å². The van der Waals surface area contributed by atoms with Gasteiger partial charge in [-0.25, -0.2) is 4.98 Å². The van der Waals surface area contributed by atoms with E-state index in [0.717, 1.165) is 22.0 Å². The molecule has 0 bridgehead atoms. The van der Waals surface area contributed by atoms with Crippen LogP contribution < -0.4 is 5.32 Å². The molecule has 3 heterocycles. The number of aromatic amines is 1. The van der Waals surface area contributed by atoms with Crippen LogP contribution in [0.3, 0.4) is 0 Å². The lowest BCUT2D eigenvalue weighted by molar-refractivity contribution is -0.120. The summed E-state index contributed by atoms with van der Waals surface area (Å²) in [6.45, 7) is 0.459. The number of nitrogens with zero attached hydrogens (tertiary/aromatic N) is 2. The smallest absolute Gasteiger partial charge is 0.226 e. The number of carbonyl (C=O) groups excluding carboxylic acids is 1. The van der Waals surface area contributed by atoms with Crippen LogP contribution in [-0.2, 0) is 17.8 Å². The number of thiazole rings is 1. The Bertz CT molecular complexity index is 673. The van der Waals surface area contributed by atoms with Gasteiger partial charge in [0.15, 0.2) is 0 Å². The highest BCUT2D eigenvalue weighted by atomic mass is 32.1. The van der Waals surface area contributed by atoms with Crippen LogP contribution in [0.2, 0.25) is 0 Å². The Balaban J connectivity index is 1.56. The van der Waals surface area contributed by atoms with Crippen LogP contribution in [0.4, 0.5) is 0 Å². The fourth-order valence-electron chi connectivity index (χ4n) is 1.71. The summed E-state index contributed by atoms with van der Waals surface area (Å²) in [4.78, 5) is 16.3. The highest BCUT2D eigenvalue weighted by molar-refractivity contribution is 7.14. The molecule has 3 aromatic rings. The molecule has 0 aliphatic carbocycles. The van der Waals surface area contributed by atoms with Crippen LogP contribution in [-0.4, -0.2) is 21.1 Å². The van der Waals surface area contributed by atoms with Gasteiger partial charge in [-0.3, -0.25) is 9.89 Å². The molecule has 0 saturated carbocycles. The molecule has 3 aromatic heterocycles. The minimum atomic E-state index is -0.0400. The Morgan fingerprint density at radius 2 is 2.30 bits per heavy atom. The third-order valence-corrected chi connectivity index (χ3v) is 4.32. The van der Waals surface area contributed by atoms with E-state index in [0.29, 0.717) is 13.0 Å². The lowest BCUT2D eigenvalue weighted by Crippen LogP contribution is -2.24. The molecule has 5 nitrogen and oxygen atoms in total. The molecule has 1 amide bonds. The third kappa shape index (κ3) is 3.12. The van der Waals surface area contributed by atoms with Gasteiger partial charge in [0.25, 0.3) is 0 Å². The molecule has 0 spiro atoms. The zero-order chi connectivity index (χ0) is 13.8. The van der Waals surface area contributed by atoms with Crippen molar-refractivity contribution in [3.63, 3.8) is 0 Å². The number of H-pyrrole nitrogens is 1. The Morgan fingerprint density at radius 3 is 3.05 bits per heavy atom. The minimum Gasteiger partial charge on any atom is -0.350 e. The molecule has 0 unspecified atom stereocenters. The van der Waals surface area contributed by atoms with Crippen LogP contribution in [0.5, 0.6) is 0 Å². The average molecular weight is 304 g/mol. The number of aromatic nitrogens is 3. The van der Waals surface area contributed by atoms with Crippen molar-refractivity contribution in [3.05, 3.63) is 45.9 Å². The van der Waals surface area contributed by atoms with Gasteiger partial charge in [-0.1, -0.05) is 0 Å². The SMILES string of the molecule is O=C(Cc1csc(-c2ccsc2)n1)NCc1ccn[nH]1. The van der Waals surface area contributed by atoms with E-state index in [1.807, 2.05) is 22.9 Å². The first-order valence-corrected chi connectivity index (χ1v) is 7.85. The van der Waals surface area contributed by atoms with Crippen LogP contribution >= 0.6 is 22.7 Å². The molecular formula is C13H12N4OS2. The van der Waals surface area contributed by atoms with Gasteiger partial charge in [0.05, 0.1) is 24.4 Å². The van der Waals surface area contributed by atoms with E-state index in [2.05, 4.69) is 25.9 Å². The zero-order valence-electron chi connectivity index (χ0n) is 10.5. The summed E-state index contributed by atoms with van der Waals surface area (Å²) in [6, 6.07) is 3.86. The quantitative estimate of drug-likeness (QED) is 0.760. The van der Waals surface area contributed by atoms with Crippen molar-refractivity contribution in [2.75, 3.05) is 0 Å². The van der Waals surface area contributed by atoms with E-state index < -0.39 is 0 Å². The minimum absolute atomic E-state index is 0.0400. The van der Waals surface area contributed by atoms with Crippen molar-refractivity contribution >= 4 is 28.6 Å². The van der Waals surface area contributed by atoms with E-state index in [1.54, 1.807) is 28.9 Å². The Hall–Kier alpha value is -1.99. The maximum Gasteiger partial charge on any atom is 0.226 e. The van der Waals surface area contributed by atoms with E-state index in [-0.39, 0.29) is 5.91 Å². The molecule has 102 valence electrons. The summed E-state index contributed by atoms with van der Waals surface area (Å²) in [5, 5.41) is 16.4. The van der Waals surface area contributed by atoms with Gasteiger partial charge < -0.3 is 5.32 Å². The van der Waals surface area contributed by atoms with E-state index in [9.17, 15) is 4.79 Å². The summed E-state index contributed by atoms with van der Waals surface area (Å²) < 4.78 is 0. The van der Waals surface area contributed by atoms with Crippen LogP contribution in [0.15, 0.2) is 34.5 Å². The molecule has 0 aliphatic heterocycles. The lowest BCUT2D eigenvalue weighted by Gasteiger charge is -2.01. The molecule has 0 fully saturated rings. The zero-order valence-corrected chi connectivity index (χ0v) is 12.1. The molecule has 7 heteroatoms. The molecule has 2 N–H and O–H groups in total.